The molecule has 0 radical (unpaired) electrons. The van der Waals surface area contributed by atoms with Crippen LogP contribution in [0, 0.1) is 0 Å². The fraction of sp³-hybridized carbons (Fsp3) is 0.400. The Bertz CT molecular complexity index is 210. The molecule has 0 saturated carbocycles. The molecule has 0 spiro atoms. The molecule has 0 aliphatic rings. The minimum Gasteiger partial charge on any atom is -0.0817 e. The molecule has 0 unspecified atom stereocenters. The fourth-order valence-electron chi connectivity index (χ4n) is 1.05. The predicted octanol–water partition coefficient (Wildman–Crippen LogP) is 2.42. The Morgan fingerprint density at radius 2 is 0.917 bits per heavy atom. The summed E-state index contributed by atoms with van der Waals surface area (Å²) in [6.07, 6.45) is 0. The third kappa shape index (κ3) is 2.54. The van der Waals surface area contributed by atoms with E-state index in [-0.39, 0.29) is 15.8 Å². The van der Waals surface area contributed by atoms with Crippen LogP contribution in [0.2, 0.25) is 0 Å². The molecule has 0 N–H and O–H groups in total. The van der Waals surface area contributed by atoms with Gasteiger partial charge in [0.05, 0.1) is 0 Å². The summed E-state index contributed by atoms with van der Waals surface area (Å²) < 4.78 is 0. The summed E-state index contributed by atoms with van der Waals surface area (Å²) in [5.41, 5.74) is 0. The molecule has 0 nitrogen and oxygen atoms in total. The molecule has 0 amide bonds. The lowest BCUT2D eigenvalue weighted by Crippen LogP contribution is -2.05. The Morgan fingerprint density at radius 1 is 0.667 bits per heavy atom. The van der Waals surface area contributed by atoms with Gasteiger partial charge in [-0.05, 0) is 37.3 Å². The Labute approximate surface area is 77.9 Å². The fourth-order valence-corrected chi connectivity index (χ4v) is 2.54. The van der Waals surface area contributed by atoms with Crippen molar-refractivity contribution in [1.29, 1.82) is 0 Å². The van der Waals surface area contributed by atoms with Gasteiger partial charge in [-0.2, -0.15) is 0 Å². The van der Waals surface area contributed by atoms with Crippen LogP contribution in [-0.4, -0.2) is 26.7 Å². The van der Waals surface area contributed by atoms with Gasteiger partial charge < -0.3 is 0 Å². The SMILES string of the molecule is CP(C)c1ccc(P(C)C)cc1. The van der Waals surface area contributed by atoms with Gasteiger partial charge in [0.2, 0.25) is 0 Å². The molecule has 0 atom stereocenters. The highest BCUT2D eigenvalue weighted by atomic mass is 31.1. The van der Waals surface area contributed by atoms with Crippen LogP contribution in [0.4, 0.5) is 0 Å². The van der Waals surface area contributed by atoms with Crippen molar-refractivity contribution in [2.45, 2.75) is 0 Å². The van der Waals surface area contributed by atoms with Gasteiger partial charge >= 0.3 is 0 Å². The van der Waals surface area contributed by atoms with E-state index in [2.05, 4.69) is 50.9 Å². The predicted molar refractivity (Wildman–Crippen MR) is 63.2 cm³/mol. The molecule has 2 heteroatoms. The van der Waals surface area contributed by atoms with E-state index in [1.165, 1.54) is 10.6 Å². The van der Waals surface area contributed by atoms with Gasteiger partial charge in [0.1, 0.15) is 0 Å². The van der Waals surface area contributed by atoms with Crippen LogP contribution in [0.1, 0.15) is 0 Å². The summed E-state index contributed by atoms with van der Waals surface area (Å²) >= 11 is 0. The van der Waals surface area contributed by atoms with Crippen molar-refractivity contribution < 1.29 is 0 Å². The maximum absolute atomic E-state index is 2.30. The van der Waals surface area contributed by atoms with Crippen molar-refractivity contribution in [3.05, 3.63) is 24.3 Å². The quantitative estimate of drug-likeness (QED) is 0.640. The van der Waals surface area contributed by atoms with E-state index in [0.29, 0.717) is 0 Å². The molecule has 0 aliphatic heterocycles. The summed E-state index contributed by atoms with van der Waals surface area (Å²) in [5, 5.41) is 3.01. The molecular weight excluding hydrogens is 182 g/mol. The van der Waals surface area contributed by atoms with Crippen molar-refractivity contribution in [2.24, 2.45) is 0 Å². The Kier molecular flexibility index (Phi) is 3.69. The summed E-state index contributed by atoms with van der Waals surface area (Å²) in [7, 11) is 0.160. The second kappa shape index (κ2) is 4.35. The van der Waals surface area contributed by atoms with Gasteiger partial charge in [-0.15, -0.1) is 0 Å². The number of benzene rings is 1. The molecule has 0 aromatic heterocycles. The third-order valence-electron chi connectivity index (χ3n) is 1.88. The van der Waals surface area contributed by atoms with Gasteiger partial charge in [-0.1, -0.05) is 40.1 Å². The van der Waals surface area contributed by atoms with Crippen molar-refractivity contribution >= 4 is 26.5 Å². The zero-order valence-electron chi connectivity index (χ0n) is 8.20. The molecule has 0 fully saturated rings. The molecular formula is C10H16P2. The molecule has 0 bridgehead atoms. The first kappa shape index (κ1) is 10.2. The van der Waals surface area contributed by atoms with E-state index >= 15 is 0 Å². The van der Waals surface area contributed by atoms with Crippen LogP contribution in [-0.2, 0) is 0 Å². The van der Waals surface area contributed by atoms with E-state index in [1.54, 1.807) is 0 Å². The minimum absolute atomic E-state index is 0.0800. The van der Waals surface area contributed by atoms with Crippen LogP contribution in [0.3, 0.4) is 0 Å². The van der Waals surface area contributed by atoms with Crippen LogP contribution < -0.4 is 10.6 Å². The minimum atomic E-state index is 0.0800. The second-order valence-electron chi connectivity index (χ2n) is 3.31. The molecule has 1 aromatic rings. The van der Waals surface area contributed by atoms with Gasteiger partial charge in [0.15, 0.2) is 0 Å². The standard InChI is InChI=1S/C10H16P2/c1-11(2)9-5-7-10(8-6-9)12(3)4/h5-8H,1-4H3. The van der Waals surface area contributed by atoms with Crippen molar-refractivity contribution in [2.75, 3.05) is 26.7 Å². The summed E-state index contributed by atoms with van der Waals surface area (Å²) in [5.74, 6) is 0. The highest BCUT2D eigenvalue weighted by Crippen LogP contribution is 2.26. The molecule has 0 heterocycles. The highest BCUT2D eigenvalue weighted by Gasteiger charge is 2.00. The van der Waals surface area contributed by atoms with Gasteiger partial charge in [0.25, 0.3) is 0 Å². The maximum Gasteiger partial charge on any atom is -0.0245 e. The largest absolute Gasteiger partial charge is 0.0817 e. The molecule has 1 rings (SSSR count). The van der Waals surface area contributed by atoms with Crippen LogP contribution in [0.25, 0.3) is 0 Å². The van der Waals surface area contributed by atoms with Crippen molar-refractivity contribution in [1.82, 2.24) is 0 Å². The lowest BCUT2D eigenvalue weighted by Gasteiger charge is -2.09. The molecule has 1 aromatic carbocycles. The van der Waals surface area contributed by atoms with Crippen LogP contribution >= 0.6 is 15.8 Å². The Balaban J connectivity index is 2.86. The average Bonchev–Trinajstić information content (AvgIpc) is 2.04. The van der Waals surface area contributed by atoms with E-state index in [1.807, 2.05) is 0 Å². The van der Waals surface area contributed by atoms with Crippen LogP contribution in [0.5, 0.6) is 0 Å². The van der Waals surface area contributed by atoms with Gasteiger partial charge in [0, 0.05) is 0 Å². The third-order valence-corrected chi connectivity index (χ3v) is 4.54. The zero-order chi connectivity index (χ0) is 9.14. The summed E-state index contributed by atoms with van der Waals surface area (Å²) in [4.78, 5) is 0. The molecule has 66 valence electrons. The van der Waals surface area contributed by atoms with Crippen molar-refractivity contribution in [3.8, 4) is 0 Å². The monoisotopic (exact) mass is 198 g/mol. The molecule has 12 heavy (non-hydrogen) atoms. The highest BCUT2D eigenvalue weighted by molar-refractivity contribution is 7.64. The molecule has 0 saturated heterocycles. The van der Waals surface area contributed by atoms with Crippen molar-refractivity contribution in [3.63, 3.8) is 0 Å². The zero-order valence-corrected chi connectivity index (χ0v) is 9.99. The van der Waals surface area contributed by atoms with E-state index in [9.17, 15) is 0 Å². The Hall–Kier alpha value is 0.0800. The molecule has 0 aliphatic carbocycles. The van der Waals surface area contributed by atoms with Gasteiger partial charge in [-0.3, -0.25) is 0 Å². The number of rotatable bonds is 2. The van der Waals surface area contributed by atoms with E-state index in [4.69, 9.17) is 0 Å². The van der Waals surface area contributed by atoms with E-state index < -0.39 is 0 Å². The lowest BCUT2D eigenvalue weighted by molar-refractivity contribution is 1.82. The number of hydrogen-bond acceptors (Lipinski definition) is 0. The Morgan fingerprint density at radius 3 is 1.08 bits per heavy atom. The normalized spacial score (nSPS) is 11.2. The first-order valence-corrected chi connectivity index (χ1v) is 8.53. The first-order valence-electron chi connectivity index (χ1n) is 4.06. The van der Waals surface area contributed by atoms with Crippen LogP contribution in [0.15, 0.2) is 24.3 Å². The number of hydrogen-bond donors (Lipinski definition) is 0. The average molecular weight is 198 g/mol. The van der Waals surface area contributed by atoms with E-state index in [0.717, 1.165) is 0 Å². The lowest BCUT2D eigenvalue weighted by atomic mass is 10.4. The second-order valence-corrected chi connectivity index (χ2v) is 7.92. The first-order chi connectivity index (χ1) is 5.61. The summed E-state index contributed by atoms with van der Waals surface area (Å²) in [6.45, 7) is 9.19. The topological polar surface area (TPSA) is 0 Å². The summed E-state index contributed by atoms with van der Waals surface area (Å²) in [6, 6.07) is 9.12. The smallest absolute Gasteiger partial charge is 0.0245 e. The van der Waals surface area contributed by atoms with Gasteiger partial charge in [-0.25, -0.2) is 0 Å². The maximum atomic E-state index is 2.30.